The highest BCUT2D eigenvalue weighted by Crippen LogP contribution is 2.26. The van der Waals surface area contributed by atoms with E-state index in [1.165, 1.54) is 6.07 Å². The number of carbonyl (C=O) groups excluding carboxylic acids is 1. The lowest BCUT2D eigenvalue weighted by Crippen LogP contribution is -2.45. The van der Waals surface area contributed by atoms with Crippen molar-refractivity contribution >= 4 is 21.6 Å². The van der Waals surface area contributed by atoms with Gasteiger partial charge in [0.05, 0.1) is 11.4 Å². The van der Waals surface area contributed by atoms with Gasteiger partial charge in [0.2, 0.25) is 11.8 Å². The SMILES string of the molecule is CC(C)c1cc(NC(=O)C(C)(C)S(=O)(=O)CCCC(F)(F)F)on1. The number of amides is 1. The molecule has 0 aromatic carbocycles. The van der Waals surface area contributed by atoms with E-state index in [0.29, 0.717) is 5.69 Å². The van der Waals surface area contributed by atoms with Gasteiger partial charge in [-0.05, 0) is 26.2 Å². The smallest absolute Gasteiger partial charge is 0.338 e. The third kappa shape index (κ3) is 5.22. The maximum atomic E-state index is 12.2. The van der Waals surface area contributed by atoms with Crippen molar-refractivity contribution in [2.24, 2.45) is 0 Å². The van der Waals surface area contributed by atoms with Gasteiger partial charge in [-0.15, -0.1) is 0 Å². The maximum absolute atomic E-state index is 12.2. The summed E-state index contributed by atoms with van der Waals surface area (Å²) < 4.78 is 63.9. The molecule has 0 spiro atoms. The maximum Gasteiger partial charge on any atom is 0.389 e. The van der Waals surface area contributed by atoms with Crippen molar-refractivity contribution in [3.05, 3.63) is 11.8 Å². The first-order chi connectivity index (χ1) is 10.8. The Hall–Kier alpha value is -1.58. The Morgan fingerprint density at radius 1 is 1.33 bits per heavy atom. The van der Waals surface area contributed by atoms with Crippen molar-refractivity contribution in [1.82, 2.24) is 5.16 Å². The van der Waals surface area contributed by atoms with Crippen LogP contribution in [0.2, 0.25) is 0 Å². The molecule has 1 amide bonds. The number of nitrogens with zero attached hydrogens (tertiary/aromatic N) is 1. The van der Waals surface area contributed by atoms with Crippen molar-refractivity contribution < 1.29 is 30.9 Å². The molecule has 0 atom stereocenters. The Morgan fingerprint density at radius 3 is 2.38 bits per heavy atom. The van der Waals surface area contributed by atoms with Gasteiger partial charge in [-0.2, -0.15) is 13.2 Å². The first kappa shape index (κ1) is 20.5. The van der Waals surface area contributed by atoms with E-state index in [0.717, 1.165) is 13.8 Å². The van der Waals surface area contributed by atoms with Gasteiger partial charge in [-0.1, -0.05) is 19.0 Å². The third-order valence-electron chi connectivity index (χ3n) is 3.55. The van der Waals surface area contributed by atoms with Crippen molar-refractivity contribution in [2.75, 3.05) is 11.1 Å². The van der Waals surface area contributed by atoms with Crippen LogP contribution in [-0.4, -0.2) is 36.2 Å². The van der Waals surface area contributed by atoms with Crippen LogP contribution in [0.5, 0.6) is 0 Å². The molecular weight excluding hydrogens is 349 g/mol. The predicted molar refractivity (Wildman–Crippen MR) is 82.4 cm³/mol. The quantitative estimate of drug-likeness (QED) is 0.796. The van der Waals surface area contributed by atoms with E-state index in [2.05, 4.69) is 10.5 Å². The molecule has 0 aliphatic rings. The van der Waals surface area contributed by atoms with E-state index in [1.807, 2.05) is 13.8 Å². The van der Waals surface area contributed by atoms with Gasteiger partial charge in [0.25, 0.3) is 0 Å². The lowest BCUT2D eigenvalue weighted by atomic mass is 10.1. The number of hydrogen-bond acceptors (Lipinski definition) is 5. The second kappa shape index (κ2) is 7.12. The topological polar surface area (TPSA) is 89.3 Å². The minimum Gasteiger partial charge on any atom is -0.338 e. The summed E-state index contributed by atoms with van der Waals surface area (Å²) in [5, 5.41) is 6.03. The van der Waals surface area contributed by atoms with Crippen molar-refractivity contribution in [1.29, 1.82) is 0 Å². The van der Waals surface area contributed by atoms with Crippen LogP contribution >= 0.6 is 0 Å². The number of halogens is 3. The Bertz CT molecular complexity index is 678. The van der Waals surface area contributed by atoms with Gasteiger partial charge < -0.3 is 4.52 Å². The van der Waals surface area contributed by atoms with Gasteiger partial charge >= 0.3 is 6.18 Å². The first-order valence-corrected chi connectivity index (χ1v) is 8.98. The van der Waals surface area contributed by atoms with Crippen LogP contribution in [0.4, 0.5) is 19.1 Å². The molecule has 24 heavy (non-hydrogen) atoms. The molecule has 0 aliphatic carbocycles. The first-order valence-electron chi connectivity index (χ1n) is 7.33. The lowest BCUT2D eigenvalue weighted by molar-refractivity contribution is -0.134. The molecule has 0 saturated carbocycles. The number of rotatable bonds is 7. The summed E-state index contributed by atoms with van der Waals surface area (Å²) in [6, 6.07) is 1.47. The fourth-order valence-electron chi connectivity index (χ4n) is 1.74. The van der Waals surface area contributed by atoms with Crippen LogP contribution in [-0.2, 0) is 14.6 Å². The Balaban J connectivity index is 2.78. The molecule has 138 valence electrons. The van der Waals surface area contributed by atoms with Crippen LogP contribution in [0.25, 0.3) is 0 Å². The molecule has 0 unspecified atom stereocenters. The van der Waals surface area contributed by atoms with Gasteiger partial charge in [0, 0.05) is 12.5 Å². The highest BCUT2D eigenvalue weighted by atomic mass is 32.2. The highest BCUT2D eigenvalue weighted by molar-refractivity contribution is 7.93. The summed E-state index contributed by atoms with van der Waals surface area (Å²) in [4.78, 5) is 12.2. The molecule has 1 aromatic rings. The summed E-state index contributed by atoms with van der Waals surface area (Å²) in [5.41, 5.74) is 0.580. The summed E-state index contributed by atoms with van der Waals surface area (Å²) in [6.07, 6.45) is -6.25. The average Bonchev–Trinajstić information content (AvgIpc) is 2.85. The number of carbonyl (C=O) groups is 1. The number of nitrogens with one attached hydrogen (secondary N) is 1. The molecule has 1 aromatic heterocycles. The Morgan fingerprint density at radius 2 is 1.92 bits per heavy atom. The van der Waals surface area contributed by atoms with E-state index in [-0.39, 0.29) is 11.8 Å². The molecule has 1 rings (SSSR count). The van der Waals surface area contributed by atoms with Crippen LogP contribution in [0, 0.1) is 0 Å². The number of anilines is 1. The van der Waals surface area contributed by atoms with Crippen molar-refractivity contribution in [3.8, 4) is 0 Å². The van der Waals surface area contributed by atoms with E-state index in [4.69, 9.17) is 4.52 Å². The van der Waals surface area contributed by atoms with Crippen LogP contribution in [0.1, 0.15) is 52.1 Å². The molecule has 0 fully saturated rings. The predicted octanol–water partition coefficient (Wildman–Crippen LogP) is 3.27. The monoisotopic (exact) mass is 370 g/mol. The molecular formula is C14H21F3N2O4S. The Labute approximate surface area is 138 Å². The molecule has 1 N–H and O–H groups in total. The van der Waals surface area contributed by atoms with E-state index < -0.39 is 45.3 Å². The molecule has 0 bridgehead atoms. The average molecular weight is 370 g/mol. The van der Waals surface area contributed by atoms with E-state index >= 15 is 0 Å². The van der Waals surface area contributed by atoms with Gasteiger partial charge in [-0.25, -0.2) is 8.42 Å². The van der Waals surface area contributed by atoms with Crippen LogP contribution < -0.4 is 5.32 Å². The highest BCUT2D eigenvalue weighted by Gasteiger charge is 2.42. The van der Waals surface area contributed by atoms with Crippen LogP contribution in [0.15, 0.2) is 10.6 Å². The lowest BCUT2D eigenvalue weighted by Gasteiger charge is -2.23. The standard InChI is InChI=1S/C14H21F3N2O4S/c1-9(2)10-8-11(23-19-10)18-12(20)13(3,4)24(21,22)7-5-6-14(15,16)17/h8-9H,5-7H2,1-4H3,(H,18,20). The zero-order chi connectivity index (χ0) is 18.8. The van der Waals surface area contributed by atoms with Crippen molar-refractivity contribution in [2.45, 2.75) is 57.4 Å². The second-order valence-electron chi connectivity index (χ2n) is 6.27. The molecule has 6 nitrogen and oxygen atoms in total. The van der Waals surface area contributed by atoms with Gasteiger partial charge in [0.15, 0.2) is 9.84 Å². The van der Waals surface area contributed by atoms with Crippen molar-refractivity contribution in [3.63, 3.8) is 0 Å². The normalized spacial score (nSPS) is 13.3. The minimum atomic E-state index is -4.44. The Kier molecular flexibility index (Phi) is 6.07. The van der Waals surface area contributed by atoms with Gasteiger partial charge in [0.1, 0.15) is 4.75 Å². The van der Waals surface area contributed by atoms with Gasteiger partial charge in [-0.3, -0.25) is 10.1 Å². The summed E-state index contributed by atoms with van der Waals surface area (Å²) >= 11 is 0. The zero-order valence-corrected chi connectivity index (χ0v) is 14.7. The number of aromatic nitrogens is 1. The molecule has 0 radical (unpaired) electrons. The number of hydrogen-bond donors (Lipinski definition) is 1. The molecule has 0 saturated heterocycles. The van der Waals surface area contributed by atoms with E-state index in [1.54, 1.807) is 0 Å². The minimum absolute atomic E-state index is 0.0118. The third-order valence-corrected chi connectivity index (χ3v) is 6.12. The second-order valence-corrected chi connectivity index (χ2v) is 8.93. The largest absolute Gasteiger partial charge is 0.389 e. The summed E-state index contributed by atoms with van der Waals surface area (Å²) in [6.45, 7) is 6.01. The molecule has 1 heterocycles. The number of sulfone groups is 1. The molecule has 0 aliphatic heterocycles. The summed E-state index contributed by atoms with van der Waals surface area (Å²) in [5.74, 6) is -1.58. The molecule has 10 heteroatoms. The fourth-order valence-corrected chi connectivity index (χ4v) is 3.11. The fraction of sp³-hybridized carbons (Fsp3) is 0.714. The summed E-state index contributed by atoms with van der Waals surface area (Å²) in [7, 11) is -4.09. The zero-order valence-electron chi connectivity index (χ0n) is 13.9. The number of alkyl halides is 3. The van der Waals surface area contributed by atoms with Crippen LogP contribution in [0.3, 0.4) is 0 Å². The van der Waals surface area contributed by atoms with E-state index in [9.17, 15) is 26.4 Å².